The fourth-order valence-corrected chi connectivity index (χ4v) is 4.20. The second-order valence-corrected chi connectivity index (χ2v) is 6.77. The van der Waals surface area contributed by atoms with Crippen LogP contribution in [0.1, 0.15) is 42.5 Å². The zero-order valence-electron chi connectivity index (χ0n) is 12.4. The lowest BCUT2D eigenvalue weighted by Gasteiger charge is -2.43. The van der Waals surface area contributed by atoms with Crippen molar-refractivity contribution < 1.29 is 9.84 Å². The summed E-state index contributed by atoms with van der Waals surface area (Å²) in [5.41, 5.74) is 1.13. The highest BCUT2D eigenvalue weighted by molar-refractivity contribution is 7.10. The van der Waals surface area contributed by atoms with Crippen molar-refractivity contribution in [3.63, 3.8) is 0 Å². The molecule has 0 aromatic carbocycles. The van der Waals surface area contributed by atoms with E-state index in [4.69, 9.17) is 9.84 Å². The third-order valence-corrected chi connectivity index (χ3v) is 5.30. The quantitative estimate of drug-likeness (QED) is 0.872. The van der Waals surface area contributed by atoms with E-state index in [1.165, 1.54) is 30.6 Å². The van der Waals surface area contributed by atoms with Gasteiger partial charge in [-0.05, 0) is 24.3 Å². The van der Waals surface area contributed by atoms with Gasteiger partial charge in [-0.15, -0.1) is 11.3 Å². The molecule has 2 aliphatic rings. The Hall–Kier alpha value is -0.860. The summed E-state index contributed by atoms with van der Waals surface area (Å²) in [7, 11) is 0. The molecular formula is C17H23NO2S. The molecule has 0 bridgehead atoms. The number of rotatable bonds is 3. The SMILES string of the molecule is OCCC#Cc1ccsc1CN1CCOC2CCCCC21. The molecule has 1 aromatic heterocycles. The number of aliphatic hydroxyl groups excluding tert-OH is 1. The highest BCUT2D eigenvalue weighted by Crippen LogP contribution is 2.30. The maximum atomic E-state index is 8.83. The molecule has 1 aromatic rings. The summed E-state index contributed by atoms with van der Waals surface area (Å²) in [6, 6.07) is 2.69. The standard InChI is InChI=1S/C17H23NO2S/c19-10-4-3-5-14-8-12-21-17(14)13-18-9-11-20-16-7-2-1-6-15(16)18/h8,12,15-16,19H,1-2,4,6-7,9-11,13H2. The molecule has 3 nitrogen and oxygen atoms in total. The highest BCUT2D eigenvalue weighted by Gasteiger charge is 2.34. The van der Waals surface area contributed by atoms with E-state index in [0.29, 0.717) is 18.6 Å². The number of hydrogen-bond donors (Lipinski definition) is 1. The molecule has 1 aliphatic carbocycles. The Balaban J connectivity index is 1.68. The minimum absolute atomic E-state index is 0.139. The maximum absolute atomic E-state index is 8.83. The van der Waals surface area contributed by atoms with Crippen molar-refractivity contribution >= 4 is 11.3 Å². The zero-order valence-corrected chi connectivity index (χ0v) is 13.2. The average Bonchev–Trinajstić information content (AvgIpc) is 2.95. The van der Waals surface area contributed by atoms with Crippen LogP contribution in [0.25, 0.3) is 0 Å². The van der Waals surface area contributed by atoms with Gasteiger partial charge < -0.3 is 9.84 Å². The first-order chi connectivity index (χ1) is 10.4. The van der Waals surface area contributed by atoms with E-state index >= 15 is 0 Å². The van der Waals surface area contributed by atoms with Crippen LogP contribution in [0.5, 0.6) is 0 Å². The Morgan fingerprint density at radius 3 is 3.19 bits per heavy atom. The molecule has 0 radical (unpaired) electrons. The molecule has 2 atom stereocenters. The Labute approximate surface area is 130 Å². The van der Waals surface area contributed by atoms with Crippen molar-refractivity contribution in [3.8, 4) is 11.8 Å². The number of ether oxygens (including phenoxy) is 1. The van der Waals surface area contributed by atoms with E-state index in [2.05, 4.69) is 28.2 Å². The fraction of sp³-hybridized carbons (Fsp3) is 0.647. The van der Waals surface area contributed by atoms with Crippen molar-refractivity contribution in [1.29, 1.82) is 0 Å². The third kappa shape index (κ3) is 3.67. The number of nitrogens with zero attached hydrogens (tertiary/aromatic N) is 1. The summed E-state index contributed by atoms with van der Waals surface area (Å²) in [4.78, 5) is 3.95. The van der Waals surface area contributed by atoms with Crippen LogP contribution < -0.4 is 0 Å². The topological polar surface area (TPSA) is 32.7 Å². The Morgan fingerprint density at radius 2 is 2.29 bits per heavy atom. The summed E-state index contributed by atoms with van der Waals surface area (Å²) in [5.74, 6) is 6.23. The molecule has 0 spiro atoms. The van der Waals surface area contributed by atoms with E-state index in [-0.39, 0.29) is 6.61 Å². The molecule has 1 saturated heterocycles. The van der Waals surface area contributed by atoms with Crippen LogP contribution in [0.3, 0.4) is 0 Å². The van der Waals surface area contributed by atoms with Crippen LogP contribution in [0, 0.1) is 11.8 Å². The van der Waals surface area contributed by atoms with Gasteiger partial charge in [0.2, 0.25) is 0 Å². The zero-order chi connectivity index (χ0) is 14.5. The molecule has 1 saturated carbocycles. The van der Waals surface area contributed by atoms with Crippen LogP contribution >= 0.6 is 11.3 Å². The number of hydrogen-bond acceptors (Lipinski definition) is 4. The minimum Gasteiger partial charge on any atom is -0.395 e. The van der Waals surface area contributed by atoms with Gasteiger partial charge in [-0.3, -0.25) is 4.90 Å². The summed E-state index contributed by atoms with van der Waals surface area (Å²) >= 11 is 1.79. The van der Waals surface area contributed by atoms with Gasteiger partial charge in [-0.1, -0.05) is 24.7 Å². The smallest absolute Gasteiger partial charge is 0.0731 e. The largest absolute Gasteiger partial charge is 0.395 e. The first kappa shape index (κ1) is 15.1. The maximum Gasteiger partial charge on any atom is 0.0731 e. The predicted molar refractivity (Wildman–Crippen MR) is 85.3 cm³/mol. The van der Waals surface area contributed by atoms with Crippen LogP contribution in [-0.2, 0) is 11.3 Å². The molecule has 2 fully saturated rings. The second kappa shape index (κ2) is 7.42. The van der Waals surface area contributed by atoms with Gasteiger partial charge in [0.25, 0.3) is 0 Å². The highest BCUT2D eigenvalue weighted by atomic mass is 32.1. The van der Waals surface area contributed by atoms with Gasteiger partial charge in [-0.2, -0.15) is 0 Å². The Bertz CT molecular complexity index is 514. The van der Waals surface area contributed by atoms with Gasteiger partial charge in [-0.25, -0.2) is 0 Å². The summed E-state index contributed by atoms with van der Waals surface area (Å²) < 4.78 is 5.95. The van der Waals surface area contributed by atoms with Gasteiger partial charge in [0.1, 0.15) is 0 Å². The fourth-order valence-electron chi connectivity index (χ4n) is 3.35. The lowest BCUT2D eigenvalue weighted by Crippen LogP contribution is -2.52. The van der Waals surface area contributed by atoms with E-state index in [0.717, 1.165) is 25.3 Å². The van der Waals surface area contributed by atoms with E-state index in [1.54, 1.807) is 11.3 Å². The molecule has 3 rings (SSSR count). The van der Waals surface area contributed by atoms with Crippen molar-refractivity contribution in [3.05, 3.63) is 21.9 Å². The van der Waals surface area contributed by atoms with E-state index in [9.17, 15) is 0 Å². The average molecular weight is 305 g/mol. The van der Waals surface area contributed by atoms with Crippen molar-refractivity contribution in [2.45, 2.75) is 50.8 Å². The molecule has 1 aliphatic heterocycles. The second-order valence-electron chi connectivity index (χ2n) is 5.76. The monoisotopic (exact) mass is 305 g/mol. The van der Waals surface area contributed by atoms with Gasteiger partial charge in [0.15, 0.2) is 0 Å². The molecule has 4 heteroatoms. The number of morpholine rings is 1. The Morgan fingerprint density at radius 1 is 1.38 bits per heavy atom. The van der Waals surface area contributed by atoms with Crippen molar-refractivity contribution in [2.75, 3.05) is 19.8 Å². The lowest BCUT2D eigenvalue weighted by molar-refractivity contribution is -0.0908. The summed E-state index contributed by atoms with van der Waals surface area (Å²) in [5, 5.41) is 11.0. The van der Waals surface area contributed by atoms with Crippen LogP contribution in [-0.4, -0.2) is 41.9 Å². The predicted octanol–water partition coefficient (Wildman–Crippen LogP) is 2.63. The molecule has 114 valence electrons. The van der Waals surface area contributed by atoms with E-state index in [1.807, 2.05) is 0 Å². The normalized spacial score (nSPS) is 26.0. The first-order valence-corrected chi connectivity index (χ1v) is 8.78. The van der Waals surface area contributed by atoms with Gasteiger partial charge in [0, 0.05) is 36.0 Å². The number of aliphatic hydroxyl groups is 1. The Kier molecular flexibility index (Phi) is 5.32. The molecule has 1 N–H and O–H groups in total. The molecule has 2 heterocycles. The van der Waals surface area contributed by atoms with Gasteiger partial charge >= 0.3 is 0 Å². The molecule has 2 unspecified atom stereocenters. The molecule has 0 amide bonds. The summed E-state index contributed by atoms with van der Waals surface area (Å²) in [6.45, 7) is 3.02. The van der Waals surface area contributed by atoms with E-state index < -0.39 is 0 Å². The number of fused-ring (bicyclic) bond motifs is 1. The number of thiophene rings is 1. The van der Waals surface area contributed by atoms with Crippen LogP contribution in [0.15, 0.2) is 11.4 Å². The van der Waals surface area contributed by atoms with Gasteiger partial charge in [0.05, 0.1) is 19.3 Å². The van der Waals surface area contributed by atoms with Crippen molar-refractivity contribution in [2.24, 2.45) is 0 Å². The first-order valence-electron chi connectivity index (χ1n) is 7.90. The molecule has 21 heavy (non-hydrogen) atoms. The lowest BCUT2D eigenvalue weighted by atomic mass is 9.90. The molecular weight excluding hydrogens is 282 g/mol. The van der Waals surface area contributed by atoms with Crippen LogP contribution in [0.4, 0.5) is 0 Å². The van der Waals surface area contributed by atoms with Crippen molar-refractivity contribution in [1.82, 2.24) is 4.90 Å². The minimum atomic E-state index is 0.139. The summed E-state index contributed by atoms with van der Waals surface area (Å²) in [6.07, 6.45) is 6.12. The third-order valence-electron chi connectivity index (χ3n) is 4.40. The van der Waals surface area contributed by atoms with Crippen LogP contribution in [0.2, 0.25) is 0 Å².